The summed E-state index contributed by atoms with van der Waals surface area (Å²) >= 11 is 0. The van der Waals surface area contributed by atoms with Crippen molar-refractivity contribution in [3.8, 4) is 0 Å². The molecule has 0 aliphatic carbocycles. The molecule has 1 heterocycles. The molecule has 0 saturated carbocycles. The van der Waals surface area contributed by atoms with Gasteiger partial charge in [0, 0.05) is 26.8 Å². The summed E-state index contributed by atoms with van der Waals surface area (Å²) in [5, 5.41) is 14.2. The summed E-state index contributed by atoms with van der Waals surface area (Å²) in [5.41, 5.74) is 0. The van der Waals surface area contributed by atoms with E-state index >= 15 is 0 Å². The molecule has 0 radical (unpaired) electrons. The van der Waals surface area contributed by atoms with E-state index in [-0.39, 0.29) is 30.9 Å². The van der Waals surface area contributed by atoms with Gasteiger partial charge in [0.1, 0.15) is 11.6 Å². The minimum atomic E-state index is -4.63. The van der Waals surface area contributed by atoms with Crippen LogP contribution in [0.25, 0.3) is 0 Å². The zero-order valence-electron chi connectivity index (χ0n) is 11.2. The summed E-state index contributed by atoms with van der Waals surface area (Å²) in [5.74, 6) is -1.16. The second-order valence-electron chi connectivity index (χ2n) is 4.02. The van der Waals surface area contributed by atoms with Gasteiger partial charge in [-0.3, -0.25) is 0 Å². The fourth-order valence-corrected chi connectivity index (χ4v) is 1.54. The first kappa shape index (κ1) is 16.4. The van der Waals surface area contributed by atoms with Crippen LogP contribution in [0.3, 0.4) is 0 Å². The molecule has 1 atom stereocenters. The largest absolute Gasteiger partial charge is 0.451 e. The lowest BCUT2D eigenvalue weighted by molar-refractivity contribution is -0.144. The molecule has 1 aromatic rings. The van der Waals surface area contributed by atoms with Gasteiger partial charge < -0.3 is 20.5 Å². The fraction of sp³-hybridized carbons (Fsp3) is 0.636. The lowest BCUT2D eigenvalue weighted by Gasteiger charge is -2.18. The average molecular weight is 294 g/mol. The van der Waals surface area contributed by atoms with Crippen molar-refractivity contribution in [2.24, 2.45) is 0 Å². The van der Waals surface area contributed by atoms with Crippen molar-refractivity contribution in [3.05, 3.63) is 11.9 Å². The number of rotatable bonds is 7. The number of methoxy groups -OCH3 is 1. The molecular weight excluding hydrogens is 277 g/mol. The molecule has 0 spiro atoms. The molecule has 6 nitrogen and oxygen atoms in total. The van der Waals surface area contributed by atoms with Crippen molar-refractivity contribution in [3.63, 3.8) is 0 Å². The molecule has 1 unspecified atom stereocenters. The van der Waals surface area contributed by atoms with Gasteiger partial charge in [0.25, 0.3) is 0 Å². The van der Waals surface area contributed by atoms with Gasteiger partial charge in [0.15, 0.2) is 0 Å². The number of aromatic nitrogens is 2. The molecule has 9 heteroatoms. The summed E-state index contributed by atoms with van der Waals surface area (Å²) in [6.45, 7) is 0.123. The molecular formula is C11H17F3N4O2. The number of halogens is 3. The van der Waals surface area contributed by atoms with E-state index in [4.69, 9.17) is 9.84 Å². The normalized spacial score (nSPS) is 13.1. The summed E-state index contributed by atoms with van der Waals surface area (Å²) in [7, 11) is 2.93. The number of hydrogen-bond acceptors (Lipinski definition) is 6. The molecule has 0 amide bonds. The number of nitrogens with one attached hydrogen (secondary N) is 2. The topological polar surface area (TPSA) is 79.3 Å². The molecule has 0 aromatic carbocycles. The van der Waals surface area contributed by atoms with Gasteiger partial charge in [-0.05, 0) is 6.42 Å². The third-order valence-corrected chi connectivity index (χ3v) is 2.43. The molecule has 0 fully saturated rings. The maximum absolute atomic E-state index is 12.7. The first-order valence-electron chi connectivity index (χ1n) is 5.91. The Hall–Kier alpha value is -1.61. The van der Waals surface area contributed by atoms with E-state index < -0.39 is 12.0 Å². The van der Waals surface area contributed by atoms with Crippen LogP contribution in [0.2, 0.25) is 0 Å². The number of aliphatic hydroxyl groups excluding tert-OH is 1. The van der Waals surface area contributed by atoms with Crippen LogP contribution in [0.4, 0.5) is 24.8 Å². The molecule has 1 aromatic heterocycles. The second kappa shape index (κ2) is 7.25. The molecule has 0 saturated heterocycles. The van der Waals surface area contributed by atoms with Crippen LogP contribution >= 0.6 is 0 Å². The van der Waals surface area contributed by atoms with Crippen molar-refractivity contribution in [2.45, 2.75) is 18.6 Å². The van der Waals surface area contributed by atoms with Gasteiger partial charge in [-0.1, -0.05) is 0 Å². The first-order valence-corrected chi connectivity index (χ1v) is 5.91. The van der Waals surface area contributed by atoms with Crippen molar-refractivity contribution in [1.82, 2.24) is 9.97 Å². The number of ether oxygens (including phenoxy) is 1. The van der Waals surface area contributed by atoms with Crippen LogP contribution in [-0.4, -0.2) is 48.5 Å². The molecule has 114 valence electrons. The Morgan fingerprint density at radius 2 is 2.00 bits per heavy atom. The lowest BCUT2D eigenvalue weighted by atomic mass is 10.2. The van der Waals surface area contributed by atoms with E-state index in [2.05, 4.69) is 20.6 Å². The van der Waals surface area contributed by atoms with Gasteiger partial charge in [-0.25, -0.2) is 9.97 Å². The Kier molecular flexibility index (Phi) is 5.96. The predicted molar refractivity (Wildman–Crippen MR) is 67.6 cm³/mol. The zero-order valence-corrected chi connectivity index (χ0v) is 11.2. The van der Waals surface area contributed by atoms with Crippen LogP contribution < -0.4 is 10.6 Å². The minimum Gasteiger partial charge on any atom is -0.396 e. The van der Waals surface area contributed by atoms with E-state index in [9.17, 15) is 13.2 Å². The van der Waals surface area contributed by atoms with Gasteiger partial charge in [0.05, 0.1) is 12.6 Å². The summed E-state index contributed by atoms with van der Waals surface area (Å²) in [6, 6.07) is 1.01. The van der Waals surface area contributed by atoms with Crippen molar-refractivity contribution in [1.29, 1.82) is 0 Å². The predicted octanol–water partition coefficient (Wildman–Crippen LogP) is 1.35. The van der Waals surface area contributed by atoms with Crippen molar-refractivity contribution < 1.29 is 23.0 Å². The average Bonchev–Trinajstić information content (AvgIpc) is 2.38. The monoisotopic (exact) mass is 294 g/mol. The minimum absolute atomic E-state index is 0.0205. The third kappa shape index (κ3) is 4.82. The Bertz CT molecular complexity index is 423. The number of aliphatic hydroxyl groups is 1. The molecule has 3 N–H and O–H groups in total. The second-order valence-corrected chi connectivity index (χ2v) is 4.02. The summed E-state index contributed by atoms with van der Waals surface area (Å²) in [6.07, 6.45) is -4.30. The van der Waals surface area contributed by atoms with Crippen molar-refractivity contribution >= 4 is 11.6 Å². The maximum Gasteiger partial charge on any atom is 0.451 e. The summed E-state index contributed by atoms with van der Waals surface area (Å²) in [4.78, 5) is 6.79. The third-order valence-electron chi connectivity index (χ3n) is 2.43. The van der Waals surface area contributed by atoms with E-state index in [1.165, 1.54) is 20.2 Å². The van der Waals surface area contributed by atoms with E-state index in [1.807, 2.05) is 0 Å². The van der Waals surface area contributed by atoms with Gasteiger partial charge in [-0.2, -0.15) is 13.2 Å². The summed E-state index contributed by atoms with van der Waals surface area (Å²) < 4.78 is 42.9. The van der Waals surface area contributed by atoms with Crippen LogP contribution in [-0.2, 0) is 10.9 Å². The fourth-order valence-electron chi connectivity index (χ4n) is 1.54. The van der Waals surface area contributed by atoms with Crippen LogP contribution in [0, 0.1) is 0 Å². The molecule has 20 heavy (non-hydrogen) atoms. The van der Waals surface area contributed by atoms with Crippen LogP contribution in [0.5, 0.6) is 0 Å². The highest BCUT2D eigenvalue weighted by Crippen LogP contribution is 2.28. The molecule has 0 aliphatic rings. The Morgan fingerprint density at radius 1 is 1.35 bits per heavy atom. The number of hydrogen-bond donors (Lipinski definition) is 3. The lowest BCUT2D eigenvalue weighted by Crippen LogP contribution is -2.27. The van der Waals surface area contributed by atoms with Gasteiger partial charge in [-0.15, -0.1) is 0 Å². The van der Waals surface area contributed by atoms with E-state index in [0.717, 1.165) is 0 Å². The smallest absolute Gasteiger partial charge is 0.396 e. The van der Waals surface area contributed by atoms with E-state index in [0.29, 0.717) is 6.42 Å². The highest BCUT2D eigenvalue weighted by Gasteiger charge is 2.35. The SMILES string of the molecule is CNc1cc(NC(CCO)COC)nc(C(F)(F)F)n1. The quantitative estimate of drug-likeness (QED) is 0.704. The molecule has 1 rings (SSSR count). The Labute approximate surface area is 114 Å². The Morgan fingerprint density at radius 3 is 2.50 bits per heavy atom. The highest BCUT2D eigenvalue weighted by atomic mass is 19.4. The Balaban J connectivity index is 2.98. The molecule has 0 bridgehead atoms. The van der Waals surface area contributed by atoms with Crippen LogP contribution in [0.15, 0.2) is 6.07 Å². The van der Waals surface area contributed by atoms with Gasteiger partial charge >= 0.3 is 6.18 Å². The van der Waals surface area contributed by atoms with Gasteiger partial charge in [0.2, 0.25) is 5.82 Å². The molecule has 0 aliphatic heterocycles. The highest BCUT2D eigenvalue weighted by molar-refractivity contribution is 5.48. The standard InChI is InChI=1S/C11H17F3N4O2/c1-15-8-5-9(16-7(3-4-19)6-20-2)18-10(17-8)11(12,13)14/h5,7,19H,3-4,6H2,1-2H3,(H2,15,16,17,18). The number of nitrogens with zero attached hydrogens (tertiary/aromatic N) is 2. The first-order chi connectivity index (χ1) is 9.40. The number of alkyl halides is 3. The van der Waals surface area contributed by atoms with E-state index in [1.54, 1.807) is 0 Å². The van der Waals surface area contributed by atoms with Crippen LogP contribution in [0.1, 0.15) is 12.2 Å². The zero-order chi connectivity index (χ0) is 15.2. The number of anilines is 2. The van der Waals surface area contributed by atoms with Crippen molar-refractivity contribution in [2.75, 3.05) is 38.0 Å². The maximum atomic E-state index is 12.7.